The number of hydrogen-bond donors (Lipinski definition) is 2. The molecule has 44 heavy (non-hydrogen) atoms. The van der Waals surface area contributed by atoms with Crippen LogP contribution in [0.3, 0.4) is 0 Å². The number of benzene rings is 2. The molecule has 0 spiro atoms. The Bertz CT molecular complexity index is 1700. The lowest BCUT2D eigenvalue weighted by atomic mass is 9.94. The summed E-state index contributed by atoms with van der Waals surface area (Å²) in [5.41, 5.74) is 0.494. The number of hydrogen-bond acceptors (Lipinski definition) is 8. The van der Waals surface area contributed by atoms with Gasteiger partial charge >= 0.3 is 6.01 Å². The van der Waals surface area contributed by atoms with Gasteiger partial charge < -0.3 is 19.8 Å². The number of phenols is 1. The van der Waals surface area contributed by atoms with E-state index in [0.29, 0.717) is 52.0 Å². The molecule has 2 aliphatic rings. The van der Waals surface area contributed by atoms with Gasteiger partial charge in [0.05, 0.1) is 18.6 Å². The Hall–Kier alpha value is -3.63. The van der Waals surface area contributed by atoms with Gasteiger partial charge in [0.15, 0.2) is 5.82 Å². The van der Waals surface area contributed by atoms with E-state index in [0.717, 1.165) is 45.4 Å². The van der Waals surface area contributed by atoms with E-state index in [4.69, 9.17) is 9.72 Å². The van der Waals surface area contributed by atoms with Crippen molar-refractivity contribution in [3.05, 3.63) is 47.7 Å². The molecular weight excluding hydrogens is 564 g/mol. The van der Waals surface area contributed by atoms with Crippen LogP contribution in [0.25, 0.3) is 32.9 Å². The number of aliphatic hydroxyl groups is 1. The number of pyridine rings is 1. The first-order valence-electron chi connectivity index (χ1n) is 15.6. The number of fused-ring (bicyclic) bond motifs is 2. The first-order valence-corrected chi connectivity index (χ1v) is 15.6. The Balaban J connectivity index is 1.44. The maximum absolute atomic E-state index is 16.7. The van der Waals surface area contributed by atoms with E-state index in [1.165, 1.54) is 12.1 Å². The first-order chi connectivity index (χ1) is 21.1. The van der Waals surface area contributed by atoms with Gasteiger partial charge in [-0.05, 0) is 86.5 Å². The minimum Gasteiger partial charge on any atom is -0.508 e. The van der Waals surface area contributed by atoms with E-state index in [1.54, 1.807) is 18.3 Å². The lowest BCUT2D eigenvalue weighted by Crippen LogP contribution is -2.45. The molecule has 0 amide bonds. The quantitative estimate of drug-likeness (QED) is 0.249. The lowest BCUT2D eigenvalue weighted by molar-refractivity contribution is 0.0716. The zero-order valence-electron chi connectivity index (χ0n) is 25.9. The Morgan fingerprint density at radius 3 is 2.66 bits per heavy atom. The average molecular weight is 606 g/mol. The summed E-state index contributed by atoms with van der Waals surface area (Å²) in [6.45, 7) is 11.7. The largest absolute Gasteiger partial charge is 0.508 e. The maximum atomic E-state index is 16.7. The van der Waals surface area contributed by atoms with Crippen molar-refractivity contribution >= 4 is 27.5 Å². The van der Waals surface area contributed by atoms with Gasteiger partial charge in [-0.3, -0.25) is 9.88 Å². The van der Waals surface area contributed by atoms with Gasteiger partial charge in [0.1, 0.15) is 28.6 Å². The van der Waals surface area contributed by atoms with E-state index in [2.05, 4.69) is 26.7 Å². The third-order valence-electron chi connectivity index (χ3n) is 9.34. The highest BCUT2D eigenvalue weighted by Crippen LogP contribution is 2.39. The summed E-state index contributed by atoms with van der Waals surface area (Å²) in [6.07, 6.45) is 5.00. The molecule has 2 atom stereocenters. The number of anilines is 1. The Kier molecular flexibility index (Phi) is 8.32. The Morgan fingerprint density at radius 1 is 1.09 bits per heavy atom. The fraction of sp³-hybridized carbons (Fsp3) is 0.500. The zero-order chi connectivity index (χ0) is 31.2. The van der Waals surface area contributed by atoms with E-state index in [9.17, 15) is 14.6 Å². The van der Waals surface area contributed by atoms with Crippen molar-refractivity contribution in [3.63, 3.8) is 0 Å². The number of nitrogens with zero attached hydrogens (tertiary/aromatic N) is 5. The predicted molar refractivity (Wildman–Crippen MR) is 168 cm³/mol. The van der Waals surface area contributed by atoms with E-state index in [1.807, 2.05) is 20.8 Å². The van der Waals surface area contributed by atoms with Gasteiger partial charge in [0.2, 0.25) is 0 Å². The topological polar surface area (TPSA) is 94.8 Å². The number of ether oxygens (including phenoxy) is 1. The van der Waals surface area contributed by atoms with Gasteiger partial charge in [-0.2, -0.15) is 9.97 Å². The lowest BCUT2D eigenvalue weighted by Gasteiger charge is -2.33. The van der Waals surface area contributed by atoms with Gasteiger partial charge in [0, 0.05) is 42.9 Å². The van der Waals surface area contributed by atoms with Crippen molar-refractivity contribution in [2.75, 3.05) is 44.3 Å². The van der Waals surface area contributed by atoms with Crippen LogP contribution in [0.1, 0.15) is 52.5 Å². The maximum Gasteiger partial charge on any atom is 0.319 e. The van der Waals surface area contributed by atoms with Crippen molar-refractivity contribution in [1.82, 2.24) is 19.9 Å². The normalized spacial score (nSPS) is 19.8. The molecule has 2 N–H and O–H groups in total. The third-order valence-corrected chi connectivity index (χ3v) is 9.34. The van der Waals surface area contributed by atoms with Crippen LogP contribution in [-0.2, 0) is 6.42 Å². The number of aromatic hydroxyl groups is 1. The average Bonchev–Trinajstić information content (AvgIpc) is 3.50. The number of phenolic OH excluding ortho intramolecular Hbond substituents is 1. The van der Waals surface area contributed by atoms with Crippen molar-refractivity contribution in [2.24, 2.45) is 11.8 Å². The van der Waals surface area contributed by atoms with Crippen LogP contribution in [0, 0.1) is 23.5 Å². The molecule has 0 radical (unpaired) electrons. The fourth-order valence-electron chi connectivity index (χ4n) is 6.74. The number of aromatic nitrogens is 3. The molecule has 2 fully saturated rings. The molecule has 1 unspecified atom stereocenters. The molecule has 2 saturated heterocycles. The van der Waals surface area contributed by atoms with E-state index < -0.39 is 5.82 Å². The van der Waals surface area contributed by atoms with Gasteiger partial charge in [-0.15, -0.1) is 0 Å². The summed E-state index contributed by atoms with van der Waals surface area (Å²) in [6, 6.07) is 6.03. The van der Waals surface area contributed by atoms with Gasteiger partial charge in [0.25, 0.3) is 0 Å². The van der Waals surface area contributed by atoms with Crippen LogP contribution < -0.4 is 9.64 Å². The second-order valence-corrected chi connectivity index (χ2v) is 13.1. The summed E-state index contributed by atoms with van der Waals surface area (Å²) >= 11 is 0. The summed E-state index contributed by atoms with van der Waals surface area (Å²) in [7, 11) is 0. The van der Waals surface area contributed by atoms with E-state index >= 15 is 4.39 Å². The van der Waals surface area contributed by atoms with Crippen molar-refractivity contribution in [1.29, 1.82) is 0 Å². The molecule has 0 saturated carbocycles. The molecular formula is C34H41F2N5O3. The van der Waals surface area contributed by atoms with Gasteiger partial charge in [-0.25, -0.2) is 8.78 Å². The minimum atomic E-state index is -0.670. The van der Waals surface area contributed by atoms with Crippen LogP contribution in [0.2, 0.25) is 0 Å². The molecule has 0 aliphatic carbocycles. The molecule has 4 aromatic rings. The molecule has 6 rings (SSSR count). The smallest absolute Gasteiger partial charge is 0.319 e. The highest BCUT2D eigenvalue weighted by Gasteiger charge is 2.33. The predicted octanol–water partition coefficient (Wildman–Crippen LogP) is 6.10. The van der Waals surface area contributed by atoms with Crippen LogP contribution in [0.5, 0.6) is 11.8 Å². The molecule has 4 heterocycles. The van der Waals surface area contributed by atoms with Crippen molar-refractivity contribution < 1.29 is 23.7 Å². The van der Waals surface area contributed by atoms with Gasteiger partial charge in [-0.1, -0.05) is 19.9 Å². The Labute approximate surface area is 256 Å². The summed E-state index contributed by atoms with van der Waals surface area (Å²) in [4.78, 5) is 18.3. The second-order valence-electron chi connectivity index (χ2n) is 13.1. The van der Waals surface area contributed by atoms with Crippen LogP contribution >= 0.6 is 0 Å². The molecule has 0 bridgehead atoms. The standard InChI is InChI=1S/C34H41F2N5O3/c1-5-24-27(35)9-8-22-13-23(43)14-25(28(22)24)30-29(36)31-26(15-37-30)32(40-11-6-7-20(2)16-40)39-33(38-31)44-18-21-10-12-41(17-21)34(3,4)19-42/h8-9,13-15,20-21,42-43H,5-7,10-12,16-19H2,1-4H3/t20-,21?/m0/s1. The monoisotopic (exact) mass is 605 g/mol. The summed E-state index contributed by atoms with van der Waals surface area (Å²) in [5.74, 6) is 0.140. The second kappa shape index (κ2) is 12.0. The molecule has 2 aliphatic heterocycles. The highest BCUT2D eigenvalue weighted by molar-refractivity contribution is 6.01. The molecule has 2 aromatic carbocycles. The number of halogens is 2. The number of aliphatic hydroxyl groups excluding tert-OH is 1. The molecule has 10 heteroatoms. The number of piperidine rings is 1. The van der Waals surface area contributed by atoms with Crippen LogP contribution in [0.4, 0.5) is 14.6 Å². The molecule has 234 valence electrons. The number of likely N-dealkylation sites (tertiary alicyclic amines) is 1. The molecule has 2 aromatic heterocycles. The zero-order valence-corrected chi connectivity index (χ0v) is 25.9. The molecule has 8 nitrogen and oxygen atoms in total. The number of aryl methyl sites for hydroxylation is 1. The van der Waals surface area contributed by atoms with E-state index in [-0.39, 0.29) is 46.9 Å². The first kappa shape index (κ1) is 30.4. The fourth-order valence-corrected chi connectivity index (χ4v) is 6.74. The summed E-state index contributed by atoms with van der Waals surface area (Å²) in [5, 5.41) is 21.9. The minimum absolute atomic E-state index is 0.0148. The number of rotatable bonds is 8. The summed E-state index contributed by atoms with van der Waals surface area (Å²) < 4.78 is 37.8. The van der Waals surface area contributed by atoms with Crippen molar-refractivity contribution in [3.8, 4) is 23.0 Å². The van der Waals surface area contributed by atoms with Crippen molar-refractivity contribution in [2.45, 2.75) is 58.9 Å². The third kappa shape index (κ3) is 5.65. The Morgan fingerprint density at radius 2 is 1.91 bits per heavy atom. The van der Waals surface area contributed by atoms with Crippen LogP contribution in [-0.4, -0.2) is 75.0 Å². The SMILES string of the molecule is CCc1c(F)ccc2cc(O)cc(-c3ncc4c(N5CCC[C@H](C)C5)nc(OCC5CCN(C(C)(C)CO)C5)nc4c3F)c12. The highest BCUT2D eigenvalue weighted by atomic mass is 19.1. The van der Waals surface area contributed by atoms with Crippen LogP contribution in [0.15, 0.2) is 30.5 Å².